The average Bonchev–Trinajstić information content (AvgIpc) is 3.23. The summed E-state index contributed by atoms with van der Waals surface area (Å²) in [5.41, 5.74) is -0.509. The van der Waals surface area contributed by atoms with Crippen molar-refractivity contribution in [1.29, 1.82) is 0 Å². The minimum atomic E-state index is -1.26. The van der Waals surface area contributed by atoms with Crippen molar-refractivity contribution >= 4 is 23.5 Å². The summed E-state index contributed by atoms with van der Waals surface area (Å²) in [5, 5.41) is 4.94. The molecule has 1 saturated heterocycles. The summed E-state index contributed by atoms with van der Waals surface area (Å²) < 4.78 is 36.9. The van der Waals surface area contributed by atoms with Gasteiger partial charge >= 0.3 is 6.03 Å². The summed E-state index contributed by atoms with van der Waals surface area (Å²) in [4.78, 5) is 38.2. The third-order valence-corrected chi connectivity index (χ3v) is 4.84. The van der Waals surface area contributed by atoms with Crippen LogP contribution in [0.15, 0.2) is 36.4 Å². The topological polar surface area (TPSA) is 97.0 Å². The summed E-state index contributed by atoms with van der Waals surface area (Å²) in [5.74, 6) is -2.33. The Morgan fingerprint density at radius 1 is 1.13 bits per heavy atom. The van der Waals surface area contributed by atoms with Crippen LogP contribution in [0.4, 0.5) is 19.3 Å². The van der Waals surface area contributed by atoms with E-state index in [4.69, 9.17) is 9.47 Å². The van der Waals surface area contributed by atoms with Crippen LogP contribution in [0.3, 0.4) is 0 Å². The van der Waals surface area contributed by atoms with Crippen LogP contribution in [-0.2, 0) is 16.0 Å². The van der Waals surface area contributed by atoms with Crippen molar-refractivity contribution in [3.8, 4) is 11.5 Å². The molecule has 1 fully saturated rings. The van der Waals surface area contributed by atoms with Crippen molar-refractivity contribution in [2.75, 3.05) is 18.7 Å². The largest absolute Gasteiger partial charge is 0.454 e. The molecule has 2 N–H and O–H groups in total. The second-order valence-electron chi connectivity index (χ2n) is 7.20. The van der Waals surface area contributed by atoms with E-state index in [2.05, 4.69) is 10.6 Å². The highest BCUT2D eigenvalue weighted by atomic mass is 19.2. The van der Waals surface area contributed by atoms with Gasteiger partial charge in [-0.15, -0.1) is 0 Å². The normalized spacial score (nSPS) is 19.8. The number of nitrogens with zero attached hydrogens (tertiary/aromatic N) is 1. The molecule has 0 aliphatic carbocycles. The number of fused-ring (bicyclic) bond motifs is 1. The van der Waals surface area contributed by atoms with Crippen LogP contribution in [0.5, 0.6) is 11.5 Å². The molecule has 2 aliphatic heterocycles. The van der Waals surface area contributed by atoms with E-state index in [1.165, 1.54) is 6.07 Å². The predicted octanol–water partition coefficient (Wildman–Crippen LogP) is 2.19. The molecule has 4 rings (SSSR count). The number of imide groups is 1. The first-order valence-electron chi connectivity index (χ1n) is 9.03. The van der Waals surface area contributed by atoms with E-state index in [0.717, 1.165) is 22.6 Å². The number of anilines is 1. The molecule has 156 valence electrons. The van der Waals surface area contributed by atoms with Gasteiger partial charge in [0.1, 0.15) is 12.1 Å². The van der Waals surface area contributed by atoms with Crippen LogP contribution in [-0.4, -0.2) is 41.6 Å². The highest BCUT2D eigenvalue weighted by Gasteiger charge is 2.48. The molecule has 0 saturated carbocycles. The molecule has 2 aromatic carbocycles. The predicted molar refractivity (Wildman–Crippen MR) is 99.9 cm³/mol. The first-order valence-corrected chi connectivity index (χ1v) is 9.03. The molecule has 2 aliphatic rings. The molecule has 2 aromatic rings. The fourth-order valence-corrected chi connectivity index (χ4v) is 3.39. The van der Waals surface area contributed by atoms with Gasteiger partial charge < -0.3 is 20.1 Å². The molecule has 8 nitrogen and oxygen atoms in total. The minimum Gasteiger partial charge on any atom is -0.454 e. The second kappa shape index (κ2) is 7.29. The van der Waals surface area contributed by atoms with E-state index < -0.39 is 41.6 Å². The SMILES string of the molecule is C[C@]1(Cc2ccc3c(c2)OCO3)NC(=O)N(CC(=O)Nc2ccc(F)c(F)c2)C1=O. The van der Waals surface area contributed by atoms with Gasteiger partial charge in [0.05, 0.1) is 0 Å². The molecule has 0 radical (unpaired) electrons. The zero-order valence-corrected chi connectivity index (χ0v) is 15.8. The number of halogens is 2. The van der Waals surface area contributed by atoms with Crippen molar-refractivity contribution < 1.29 is 32.6 Å². The van der Waals surface area contributed by atoms with E-state index in [0.29, 0.717) is 11.5 Å². The average molecular weight is 417 g/mol. The van der Waals surface area contributed by atoms with Gasteiger partial charge in [0, 0.05) is 18.2 Å². The number of urea groups is 1. The Balaban J connectivity index is 1.43. The fourth-order valence-electron chi connectivity index (χ4n) is 3.39. The van der Waals surface area contributed by atoms with E-state index in [1.54, 1.807) is 25.1 Å². The summed E-state index contributed by atoms with van der Waals surface area (Å²) in [6.07, 6.45) is 0.176. The monoisotopic (exact) mass is 417 g/mol. The van der Waals surface area contributed by atoms with Crippen LogP contribution in [0.1, 0.15) is 12.5 Å². The standard InChI is InChI=1S/C20H17F2N3O5/c1-20(8-11-2-5-15-16(6-11)30-10-29-15)18(27)25(19(28)24-20)9-17(26)23-12-3-4-13(21)14(22)7-12/h2-7H,8-10H2,1H3,(H,23,26)(H,24,28)/t20-/m1/s1. The first-order chi connectivity index (χ1) is 14.2. The molecule has 10 heteroatoms. The van der Waals surface area contributed by atoms with E-state index in [1.807, 2.05) is 0 Å². The van der Waals surface area contributed by atoms with Gasteiger partial charge in [-0.1, -0.05) is 6.07 Å². The van der Waals surface area contributed by atoms with E-state index in [9.17, 15) is 23.2 Å². The summed E-state index contributed by atoms with van der Waals surface area (Å²) >= 11 is 0. The van der Waals surface area contributed by atoms with E-state index in [-0.39, 0.29) is 18.9 Å². The lowest BCUT2D eigenvalue weighted by Gasteiger charge is -2.22. The number of ether oxygens (including phenoxy) is 2. The number of benzene rings is 2. The zero-order chi connectivity index (χ0) is 21.5. The maximum absolute atomic E-state index is 13.3. The maximum atomic E-state index is 13.3. The van der Waals surface area contributed by atoms with Gasteiger partial charge in [-0.3, -0.25) is 14.5 Å². The molecular formula is C20H17F2N3O5. The Labute approximate surface area is 169 Å². The van der Waals surface area contributed by atoms with Crippen molar-refractivity contribution in [2.24, 2.45) is 0 Å². The Kier molecular flexibility index (Phi) is 4.76. The van der Waals surface area contributed by atoms with Gasteiger partial charge in [0.25, 0.3) is 5.91 Å². The van der Waals surface area contributed by atoms with E-state index >= 15 is 0 Å². The minimum absolute atomic E-state index is 0.00840. The summed E-state index contributed by atoms with van der Waals surface area (Å²) in [6, 6.07) is 7.33. The number of carbonyl (C=O) groups excluding carboxylic acids is 3. The van der Waals surface area contributed by atoms with Gasteiger partial charge in [0.2, 0.25) is 12.7 Å². The fraction of sp³-hybridized carbons (Fsp3) is 0.250. The zero-order valence-electron chi connectivity index (χ0n) is 15.8. The number of rotatable bonds is 5. The van der Waals surface area contributed by atoms with Crippen molar-refractivity contribution in [3.63, 3.8) is 0 Å². The van der Waals surface area contributed by atoms with Crippen LogP contribution in [0.25, 0.3) is 0 Å². The first kappa shape index (κ1) is 19.6. The highest BCUT2D eigenvalue weighted by molar-refractivity contribution is 6.10. The van der Waals surface area contributed by atoms with Crippen LogP contribution < -0.4 is 20.1 Å². The molecule has 4 amide bonds. The number of nitrogens with one attached hydrogen (secondary N) is 2. The lowest BCUT2D eigenvalue weighted by atomic mass is 9.92. The third kappa shape index (κ3) is 3.63. The summed E-state index contributed by atoms with van der Waals surface area (Å²) in [7, 11) is 0. The van der Waals surface area contributed by atoms with Crippen molar-refractivity contribution in [3.05, 3.63) is 53.6 Å². The molecule has 2 heterocycles. The molecule has 0 bridgehead atoms. The molecule has 0 unspecified atom stereocenters. The Morgan fingerprint density at radius 2 is 1.90 bits per heavy atom. The molecule has 30 heavy (non-hydrogen) atoms. The third-order valence-electron chi connectivity index (χ3n) is 4.84. The number of hydrogen-bond donors (Lipinski definition) is 2. The second-order valence-corrected chi connectivity index (χ2v) is 7.20. The quantitative estimate of drug-likeness (QED) is 0.727. The maximum Gasteiger partial charge on any atom is 0.325 e. The van der Waals surface area contributed by atoms with Gasteiger partial charge in [-0.05, 0) is 36.8 Å². The summed E-state index contributed by atoms with van der Waals surface area (Å²) in [6.45, 7) is 1.11. The molecular weight excluding hydrogens is 400 g/mol. The van der Waals surface area contributed by atoms with Gasteiger partial charge in [0.15, 0.2) is 23.1 Å². The van der Waals surface area contributed by atoms with Crippen molar-refractivity contribution in [1.82, 2.24) is 10.2 Å². The Morgan fingerprint density at radius 3 is 2.67 bits per heavy atom. The molecule has 0 spiro atoms. The highest BCUT2D eigenvalue weighted by Crippen LogP contribution is 2.34. The van der Waals surface area contributed by atoms with Crippen molar-refractivity contribution in [2.45, 2.75) is 18.9 Å². The Bertz CT molecular complexity index is 1060. The lowest BCUT2D eigenvalue weighted by Crippen LogP contribution is -2.46. The lowest BCUT2D eigenvalue weighted by molar-refractivity contribution is -0.133. The number of carbonyl (C=O) groups is 3. The van der Waals surface area contributed by atoms with Crippen LogP contribution in [0.2, 0.25) is 0 Å². The molecule has 0 aromatic heterocycles. The smallest absolute Gasteiger partial charge is 0.325 e. The van der Waals surface area contributed by atoms with Gasteiger partial charge in [-0.2, -0.15) is 0 Å². The number of amides is 4. The number of hydrogen-bond acceptors (Lipinski definition) is 5. The molecule has 1 atom stereocenters. The van der Waals surface area contributed by atoms with Crippen LogP contribution in [0, 0.1) is 11.6 Å². The Hall–Kier alpha value is -3.69. The van der Waals surface area contributed by atoms with Crippen LogP contribution >= 0.6 is 0 Å². The van der Waals surface area contributed by atoms with Gasteiger partial charge in [-0.25, -0.2) is 13.6 Å².